The van der Waals surface area contributed by atoms with Crippen molar-refractivity contribution >= 4 is 10.9 Å². The van der Waals surface area contributed by atoms with Crippen LogP contribution < -0.4 is 5.32 Å². The van der Waals surface area contributed by atoms with E-state index >= 15 is 0 Å². The molecule has 0 radical (unpaired) electrons. The molecule has 1 aliphatic carbocycles. The molecule has 108 valence electrons. The van der Waals surface area contributed by atoms with Gasteiger partial charge in [-0.3, -0.25) is 0 Å². The Balaban J connectivity index is 1.39. The zero-order valence-electron chi connectivity index (χ0n) is 12.4. The molecule has 0 saturated heterocycles. The number of fused-ring (bicyclic) bond motifs is 1. The summed E-state index contributed by atoms with van der Waals surface area (Å²) >= 11 is 0. The van der Waals surface area contributed by atoms with Gasteiger partial charge in [0.15, 0.2) is 0 Å². The molecule has 0 amide bonds. The van der Waals surface area contributed by atoms with Crippen LogP contribution in [0, 0.1) is 5.92 Å². The van der Waals surface area contributed by atoms with Crippen LogP contribution in [0.5, 0.6) is 0 Å². The SMILES string of the molecule is c1ccc2c(c1)ccn2CCCNCC1CCCCC1. The van der Waals surface area contributed by atoms with Gasteiger partial charge in [0.1, 0.15) is 0 Å². The van der Waals surface area contributed by atoms with Crippen LogP contribution in [-0.2, 0) is 6.54 Å². The molecule has 0 unspecified atom stereocenters. The Hall–Kier alpha value is -1.28. The summed E-state index contributed by atoms with van der Waals surface area (Å²) in [6, 6.07) is 10.8. The van der Waals surface area contributed by atoms with Gasteiger partial charge in [-0.05, 0) is 55.8 Å². The van der Waals surface area contributed by atoms with E-state index in [4.69, 9.17) is 0 Å². The summed E-state index contributed by atoms with van der Waals surface area (Å²) in [5.41, 5.74) is 1.36. The van der Waals surface area contributed by atoms with Crippen molar-refractivity contribution in [2.75, 3.05) is 13.1 Å². The van der Waals surface area contributed by atoms with Crippen molar-refractivity contribution in [3.8, 4) is 0 Å². The molecule has 3 rings (SSSR count). The quantitative estimate of drug-likeness (QED) is 0.778. The topological polar surface area (TPSA) is 17.0 Å². The predicted octanol–water partition coefficient (Wildman–Crippen LogP) is 4.20. The van der Waals surface area contributed by atoms with E-state index in [9.17, 15) is 0 Å². The van der Waals surface area contributed by atoms with Gasteiger partial charge in [-0.2, -0.15) is 0 Å². The van der Waals surface area contributed by atoms with Crippen molar-refractivity contribution in [3.63, 3.8) is 0 Å². The number of hydrogen-bond donors (Lipinski definition) is 1. The van der Waals surface area contributed by atoms with Crippen LogP contribution in [0.25, 0.3) is 10.9 Å². The Morgan fingerprint density at radius 2 is 1.90 bits per heavy atom. The first-order chi connectivity index (χ1) is 9.93. The lowest BCUT2D eigenvalue weighted by Gasteiger charge is -2.21. The highest BCUT2D eigenvalue weighted by atomic mass is 15.0. The maximum atomic E-state index is 3.65. The Labute approximate surface area is 122 Å². The minimum atomic E-state index is 0.941. The zero-order valence-corrected chi connectivity index (χ0v) is 12.4. The molecule has 1 aliphatic rings. The van der Waals surface area contributed by atoms with E-state index < -0.39 is 0 Å². The van der Waals surface area contributed by atoms with Gasteiger partial charge in [0, 0.05) is 18.3 Å². The molecule has 1 fully saturated rings. The number of benzene rings is 1. The van der Waals surface area contributed by atoms with Gasteiger partial charge >= 0.3 is 0 Å². The second kappa shape index (κ2) is 6.94. The summed E-state index contributed by atoms with van der Waals surface area (Å²) in [6.07, 6.45) is 10.7. The minimum absolute atomic E-state index is 0.941. The van der Waals surface area contributed by atoms with E-state index in [1.165, 1.54) is 56.0 Å². The van der Waals surface area contributed by atoms with Gasteiger partial charge in [-0.1, -0.05) is 37.5 Å². The summed E-state index contributed by atoms with van der Waals surface area (Å²) in [5, 5.41) is 5.00. The number of aryl methyl sites for hydroxylation is 1. The lowest BCUT2D eigenvalue weighted by atomic mass is 9.89. The van der Waals surface area contributed by atoms with E-state index in [0.717, 1.165) is 19.0 Å². The highest BCUT2D eigenvalue weighted by Crippen LogP contribution is 2.22. The first-order valence-electron chi connectivity index (χ1n) is 8.18. The lowest BCUT2D eigenvalue weighted by Crippen LogP contribution is -2.25. The summed E-state index contributed by atoms with van der Waals surface area (Å²) in [7, 11) is 0. The third-order valence-corrected chi connectivity index (χ3v) is 4.59. The van der Waals surface area contributed by atoms with Crippen molar-refractivity contribution in [2.45, 2.75) is 45.1 Å². The van der Waals surface area contributed by atoms with Gasteiger partial charge in [0.25, 0.3) is 0 Å². The molecule has 2 heteroatoms. The molecule has 0 spiro atoms. The van der Waals surface area contributed by atoms with Crippen LogP contribution >= 0.6 is 0 Å². The van der Waals surface area contributed by atoms with Gasteiger partial charge < -0.3 is 9.88 Å². The van der Waals surface area contributed by atoms with E-state index in [0.29, 0.717) is 0 Å². The molecule has 0 bridgehead atoms. The van der Waals surface area contributed by atoms with E-state index in [2.05, 4.69) is 46.4 Å². The van der Waals surface area contributed by atoms with Crippen molar-refractivity contribution in [1.82, 2.24) is 9.88 Å². The fourth-order valence-electron chi connectivity index (χ4n) is 3.41. The molecule has 2 aromatic rings. The van der Waals surface area contributed by atoms with E-state index in [-0.39, 0.29) is 0 Å². The Kier molecular flexibility index (Phi) is 4.75. The third kappa shape index (κ3) is 3.43. The molecular weight excluding hydrogens is 244 g/mol. The highest BCUT2D eigenvalue weighted by Gasteiger charge is 2.12. The maximum Gasteiger partial charge on any atom is 0.0480 e. The summed E-state index contributed by atoms with van der Waals surface area (Å²) in [6.45, 7) is 3.49. The fraction of sp³-hybridized carbons (Fsp3) is 0.556. The Bertz CT molecular complexity index is 523. The van der Waals surface area contributed by atoms with Crippen LogP contribution in [0.3, 0.4) is 0 Å². The number of para-hydroxylation sites is 1. The Morgan fingerprint density at radius 1 is 1.05 bits per heavy atom. The molecule has 1 saturated carbocycles. The standard InChI is InChI=1S/C18H26N2/c1-2-7-16(8-3-1)15-19-12-6-13-20-14-11-17-9-4-5-10-18(17)20/h4-5,9-11,14,16,19H,1-3,6-8,12-13,15H2. The first-order valence-corrected chi connectivity index (χ1v) is 8.18. The largest absolute Gasteiger partial charge is 0.347 e. The van der Waals surface area contributed by atoms with Crippen molar-refractivity contribution in [2.24, 2.45) is 5.92 Å². The minimum Gasteiger partial charge on any atom is -0.347 e. The molecular formula is C18H26N2. The predicted molar refractivity (Wildman–Crippen MR) is 86.0 cm³/mol. The van der Waals surface area contributed by atoms with Crippen LogP contribution in [0.4, 0.5) is 0 Å². The number of nitrogens with one attached hydrogen (secondary N) is 1. The third-order valence-electron chi connectivity index (χ3n) is 4.59. The van der Waals surface area contributed by atoms with Gasteiger partial charge in [-0.15, -0.1) is 0 Å². The molecule has 2 nitrogen and oxygen atoms in total. The number of rotatable bonds is 6. The number of hydrogen-bond acceptors (Lipinski definition) is 1. The van der Waals surface area contributed by atoms with Gasteiger partial charge in [-0.25, -0.2) is 0 Å². The van der Waals surface area contributed by atoms with Gasteiger partial charge in [0.2, 0.25) is 0 Å². The lowest BCUT2D eigenvalue weighted by molar-refractivity contribution is 0.341. The summed E-state index contributed by atoms with van der Waals surface area (Å²) in [5.74, 6) is 0.941. The molecule has 0 aliphatic heterocycles. The number of aromatic nitrogens is 1. The molecule has 20 heavy (non-hydrogen) atoms. The second-order valence-corrected chi connectivity index (χ2v) is 6.13. The van der Waals surface area contributed by atoms with Crippen molar-refractivity contribution in [3.05, 3.63) is 36.5 Å². The summed E-state index contributed by atoms with van der Waals surface area (Å²) in [4.78, 5) is 0. The van der Waals surface area contributed by atoms with Gasteiger partial charge in [0.05, 0.1) is 0 Å². The monoisotopic (exact) mass is 270 g/mol. The first kappa shape index (κ1) is 13.7. The van der Waals surface area contributed by atoms with E-state index in [1.54, 1.807) is 0 Å². The molecule has 1 aromatic carbocycles. The van der Waals surface area contributed by atoms with Crippen LogP contribution in [0.15, 0.2) is 36.5 Å². The molecule has 1 aromatic heterocycles. The zero-order chi connectivity index (χ0) is 13.6. The average Bonchev–Trinajstić information content (AvgIpc) is 2.91. The molecule has 0 atom stereocenters. The van der Waals surface area contributed by atoms with Crippen molar-refractivity contribution < 1.29 is 0 Å². The highest BCUT2D eigenvalue weighted by molar-refractivity contribution is 5.79. The molecule has 1 heterocycles. The number of nitrogens with zero attached hydrogens (tertiary/aromatic N) is 1. The fourth-order valence-corrected chi connectivity index (χ4v) is 3.41. The van der Waals surface area contributed by atoms with E-state index in [1.807, 2.05) is 0 Å². The van der Waals surface area contributed by atoms with Crippen LogP contribution in [0.2, 0.25) is 0 Å². The van der Waals surface area contributed by atoms with Crippen molar-refractivity contribution in [1.29, 1.82) is 0 Å². The second-order valence-electron chi connectivity index (χ2n) is 6.13. The Morgan fingerprint density at radius 3 is 2.80 bits per heavy atom. The normalized spacial score (nSPS) is 16.8. The van der Waals surface area contributed by atoms with Crippen LogP contribution in [-0.4, -0.2) is 17.7 Å². The smallest absolute Gasteiger partial charge is 0.0480 e. The average molecular weight is 270 g/mol. The van der Waals surface area contributed by atoms with Crippen LogP contribution in [0.1, 0.15) is 38.5 Å². The summed E-state index contributed by atoms with van der Waals surface area (Å²) < 4.78 is 2.37. The molecule has 1 N–H and O–H groups in total. The maximum absolute atomic E-state index is 3.65.